The maximum atomic E-state index is 12.1. The Hall–Kier alpha value is -3.27. The standard InChI is InChI=1S/C24H25N3O/c1-18(17-27-24(25-2)20-11-7-4-8-12-20)16-26-22-13-21(14-23(28)15-22)19-9-5-3-6-10-19/h3-12,15,17,21,26H,2,13-14,16H2,1H3/b18-17+,27-24?. The first-order chi connectivity index (χ1) is 13.7. The summed E-state index contributed by atoms with van der Waals surface area (Å²) in [7, 11) is 0. The van der Waals surface area contributed by atoms with Crippen molar-refractivity contribution in [3.8, 4) is 0 Å². The summed E-state index contributed by atoms with van der Waals surface area (Å²) >= 11 is 0. The predicted molar refractivity (Wildman–Crippen MR) is 116 cm³/mol. The van der Waals surface area contributed by atoms with Crippen LogP contribution in [-0.4, -0.2) is 24.9 Å². The number of benzene rings is 2. The molecule has 0 aromatic heterocycles. The normalized spacial score (nSPS) is 17.8. The number of hydrogen-bond donors (Lipinski definition) is 1. The lowest BCUT2D eigenvalue weighted by Crippen LogP contribution is -2.23. The lowest BCUT2D eigenvalue weighted by molar-refractivity contribution is -0.115. The molecule has 0 aliphatic heterocycles. The third-order valence-corrected chi connectivity index (χ3v) is 4.70. The molecule has 0 bridgehead atoms. The summed E-state index contributed by atoms with van der Waals surface area (Å²) < 4.78 is 0. The molecule has 0 spiro atoms. The number of hydrogen-bond acceptors (Lipinski definition) is 3. The highest BCUT2D eigenvalue weighted by Gasteiger charge is 2.21. The number of nitrogens with zero attached hydrogens (tertiary/aromatic N) is 2. The Balaban J connectivity index is 1.62. The lowest BCUT2D eigenvalue weighted by Gasteiger charge is -2.23. The third kappa shape index (κ3) is 5.36. The van der Waals surface area contributed by atoms with E-state index >= 15 is 0 Å². The van der Waals surface area contributed by atoms with Crippen molar-refractivity contribution in [1.29, 1.82) is 0 Å². The van der Waals surface area contributed by atoms with E-state index in [1.807, 2.05) is 55.5 Å². The largest absolute Gasteiger partial charge is 0.384 e. The topological polar surface area (TPSA) is 53.8 Å². The van der Waals surface area contributed by atoms with Gasteiger partial charge in [-0.05, 0) is 37.1 Å². The summed E-state index contributed by atoms with van der Waals surface area (Å²) in [5.41, 5.74) is 4.17. The summed E-state index contributed by atoms with van der Waals surface area (Å²) in [5, 5.41) is 3.39. The molecular weight excluding hydrogens is 346 g/mol. The molecule has 0 heterocycles. The fourth-order valence-corrected chi connectivity index (χ4v) is 3.24. The fourth-order valence-electron chi connectivity index (χ4n) is 3.24. The summed E-state index contributed by atoms with van der Waals surface area (Å²) in [5.74, 6) is 0.999. The van der Waals surface area contributed by atoms with Crippen LogP contribution in [0.2, 0.25) is 0 Å². The van der Waals surface area contributed by atoms with Crippen LogP contribution in [0.4, 0.5) is 0 Å². The molecule has 0 radical (unpaired) electrons. The highest BCUT2D eigenvalue weighted by atomic mass is 16.1. The summed E-state index contributed by atoms with van der Waals surface area (Å²) in [6, 6.07) is 20.0. The summed E-state index contributed by atoms with van der Waals surface area (Å²) in [6.07, 6.45) is 4.94. The van der Waals surface area contributed by atoms with Crippen LogP contribution in [0, 0.1) is 0 Å². The SMILES string of the molecule is C=NC(=N/C=C(\C)CNC1=CC(=O)CC(c2ccccc2)C1)c1ccccc1. The average Bonchev–Trinajstić information content (AvgIpc) is 2.74. The molecule has 0 amide bonds. The number of allylic oxidation sites excluding steroid dienone is 2. The highest BCUT2D eigenvalue weighted by molar-refractivity contribution is 6.01. The van der Waals surface area contributed by atoms with Crippen LogP contribution in [-0.2, 0) is 4.79 Å². The zero-order chi connectivity index (χ0) is 19.8. The molecule has 2 aromatic carbocycles. The number of carbonyl (C=O) groups excluding carboxylic acids is 1. The van der Waals surface area contributed by atoms with Crippen LogP contribution in [0.3, 0.4) is 0 Å². The smallest absolute Gasteiger partial charge is 0.158 e. The summed E-state index contributed by atoms with van der Waals surface area (Å²) in [4.78, 5) is 20.6. The van der Waals surface area contributed by atoms with Gasteiger partial charge in [0.2, 0.25) is 0 Å². The van der Waals surface area contributed by atoms with Crippen molar-refractivity contribution in [3.05, 3.63) is 95.3 Å². The number of aliphatic imine (C=N–C) groups is 2. The Kier molecular flexibility index (Phi) is 6.68. The van der Waals surface area contributed by atoms with Gasteiger partial charge < -0.3 is 5.32 Å². The first-order valence-electron chi connectivity index (χ1n) is 9.43. The van der Waals surface area contributed by atoms with Gasteiger partial charge in [-0.15, -0.1) is 0 Å². The van der Waals surface area contributed by atoms with E-state index in [0.29, 0.717) is 18.8 Å². The van der Waals surface area contributed by atoms with Crippen LogP contribution >= 0.6 is 0 Å². The Morgan fingerprint density at radius 1 is 1.11 bits per heavy atom. The Morgan fingerprint density at radius 3 is 2.46 bits per heavy atom. The van der Waals surface area contributed by atoms with Gasteiger partial charge >= 0.3 is 0 Å². The second-order valence-corrected chi connectivity index (χ2v) is 6.96. The molecule has 3 rings (SSSR count). The molecule has 0 fully saturated rings. The third-order valence-electron chi connectivity index (χ3n) is 4.70. The van der Waals surface area contributed by atoms with E-state index in [9.17, 15) is 4.79 Å². The average molecular weight is 371 g/mol. The zero-order valence-corrected chi connectivity index (χ0v) is 16.1. The molecule has 0 saturated carbocycles. The van der Waals surface area contributed by atoms with Crippen molar-refractivity contribution in [2.75, 3.05) is 6.54 Å². The maximum absolute atomic E-state index is 12.1. The van der Waals surface area contributed by atoms with E-state index in [-0.39, 0.29) is 11.7 Å². The first kappa shape index (κ1) is 19.5. The van der Waals surface area contributed by atoms with Crippen LogP contribution in [0.1, 0.15) is 36.8 Å². The van der Waals surface area contributed by atoms with Gasteiger partial charge in [0, 0.05) is 36.5 Å². The monoisotopic (exact) mass is 371 g/mol. The minimum absolute atomic E-state index is 0.171. The van der Waals surface area contributed by atoms with Gasteiger partial charge in [0.25, 0.3) is 0 Å². The van der Waals surface area contributed by atoms with E-state index in [0.717, 1.165) is 23.3 Å². The molecule has 0 saturated heterocycles. The van der Waals surface area contributed by atoms with Crippen molar-refractivity contribution >= 4 is 18.3 Å². The maximum Gasteiger partial charge on any atom is 0.158 e. The second-order valence-electron chi connectivity index (χ2n) is 6.96. The number of carbonyl (C=O) groups is 1. The van der Waals surface area contributed by atoms with E-state index in [2.05, 4.69) is 34.2 Å². The molecule has 1 atom stereocenters. The quantitative estimate of drug-likeness (QED) is 0.593. The molecular formula is C24H25N3O. The van der Waals surface area contributed by atoms with Gasteiger partial charge in [0.05, 0.1) is 0 Å². The van der Waals surface area contributed by atoms with Gasteiger partial charge in [-0.2, -0.15) is 0 Å². The van der Waals surface area contributed by atoms with E-state index < -0.39 is 0 Å². The number of amidine groups is 1. The van der Waals surface area contributed by atoms with Crippen LogP contribution in [0.25, 0.3) is 0 Å². The second kappa shape index (κ2) is 9.60. The molecule has 1 unspecified atom stereocenters. The molecule has 2 aromatic rings. The number of ketones is 1. The predicted octanol–water partition coefficient (Wildman–Crippen LogP) is 4.66. The zero-order valence-electron chi connectivity index (χ0n) is 16.1. The molecule has 1 aliphatic rings. The minimum Gasteiger partial charge on any atom is -0.384 e. The lowest BCUT2D eigenvalue weighted by atomic mass is 9.85. The van der Waals surface area contributed by atoms with Crippen molar-refractivity contribution in [1.82, 2.24) is 5.32 Å². The fraction of sp³-hybridized carbons (Fsp3) is 0.208. The van der Waals surface area contributed by atoms with Gasteiger partial charge in [0.15, 0.2) is 11.6 Å². The van der Waals surface area contributed by atoms with Crippen molar-refractivity contribution < 1.29 is 4.79 Å². The molecule has 28 heavy (non-hydrogen) atoms. The van der Waals surface area contributed by atoms with Gasteiger partial charge in [-0.25, -0.2) is 9.98 Å². The van der Waals surface area contributed by atoms with E-state index in [1.165, 1.54) is 5.56 Å². The highest BCUT2D eigenvalue weighted by Crippen LogP contribution is 2.30. The van der Waals surface area contributed by atoms with Crippen LogP contribution < -0.4 is 5.32 Å². The molecule has 4 nitrogen and oxygen atoms in total. The first-order valence-corrected chi connectivity index (χ1v) is 9.43. The number of rotatable bonds is 6. The minimum atomic E-state index is 0.171. The number of nitrogens with one attached hydrogen (secondary N) is 1. The Labute approximate surface area is 166 Å². The van der Waals surface area contributed by atoms with Crippen LogP contribution in [0.5, 0.6) is 0 Å². The molecule has 142 valence electrons. The van der Waals surface area contributed by atoms with Gasteiger partial charge in [-0.1, -0.05) is 60.7 Å². The Morgan fingerprint density at radius 2 is 1.79 bits per heavy atom. The van der Waals surface area contributed by atoms with Crippen molar-refractivity contribution in [2.24, 2.45) is 9.98 Å². The summed E-state index contributed by atoms with van der Waals surface area (Å²) in [6.45, 7) is 6.24. The van der Waals surface area contributed by atoms with Crippen molar-refractivity contribution in [3.63, 3.8) is 0 Å². The van der Waals surface area contributed by atoms with Crippen LogP contribution in [0.15, 0.2) is 94.2 Å². The van der Waals surface area contributed by atoms with Gasteiger partial charge in [0.1, 0.15) is 0 Å². The van der Waals surface area contributed by atoms with Gasteiger partial charge in [-0.3, -0.25) is 4.79 Å². The molecule has 4 heteroatoms. The Bertz CT molecular complexity index is 911. The van der Waals surface area contributed by atoms with E-state index in [1.54, 1.807) is 12.3 Å². The molecule has 1 aliphatic carbocycles. The van der Waals surface area contributed by atoms with E-state index in [4.69, 9.17) is 0 Å². The van der Waals surface area contributed by atoms with Crippen molar-refractivity contribution in [2.45, 2.75) is 25.7 Å². The molecule has 1 N–H and O–H groups in total.